The number of carbonyl (C=O) groups excluding carboxylic acids is 9. The van der Waals surface area contributed by atoms with Crippen molar-refractivity contribution in [1.82, 2.24) is 52.1 Å². The Bertz CT molecular complexity index is 2120. The Labute approximate surface area is 421 Å². The highest BCUT2D eigenvalue weighted by Crippen LogP contribution is 2.20. The molecular formula is C44H73N15O14. The van der Waals surface area contributed by atoms with Crippen molar-refractivity contribution in [1.29, 1.82) is 0 Å². The second kappa shape index (κ2) is 30.5. The lowest BCUT2D eigenvalue weighted by Gasteiger charge is -2.30. The molecule has 0 spiro atoms. The van der Waals surface area contributed by atoms with Gasteiger partial charge in [0.1, 0.15) is 48.3 Å². The number of guanidine groups is 1. The van der Waals surface area contributed by atoms with Crippen LogP contribution < -0.4 is 60.2 Å². The number of rotatable bonds is 32. The number of imidazole rings is 1. The number of carboxylic acid groups (broad SMARTS) is 2. The number of nitrogens with one attached hydrogen (secondary N) is 8. The molecular weight excluding hydrogens is 963 g/mol. The topological polar surface area (TPSA) is 481 Å². The summed E-state index contributed by atoms with van der Waals surface area (Å²) in [6, 6.07) is -12.8. The van der Waals surface area contributed by atoms with Crippen molar-refractivity contribution < 1.29 is 68.1 Å². The first-order chi connectivity index (χ1) is 34.3. The largest absolute Gasteiger partial charge is 0.481 e. The molecule has 0 bridgehead atoms. The average molecular weight is 1040 g/mol. The van der Waals surface area contributed by atoms with E-state index in [-0.39, 0.29) is 63.5 Å². The van der Waals surface area contributed by atoms with Gasteiger partial charge in [-0.1, -0.05) is 34.1 Å². The predicted molar refractivity (Wildman–Crippen MR) is 258 cm³/mol. The molecule has 10 atom stereocenters. The van der Waals surface area contributed by atoms with E-state index in [9.17, 15) is 68.1 Å². The highest BCUT2D eigenvalue weighted by atomic mass is 16.4. The van der Waals surface area contributed by atoms with Crippen LogP contribution >= 0.6 is 0 Å². The maximum absolute atomic E-state index is 14.0. The second-order valence-electron chi connectivity index (χ2n) is 18.2. The summed E-state index contributed by atoms with van der Waals surface area (Å²) in [7, 11) is 0. The van der Waals surface area contributed by atoms with E-state index in [0.29, 0.717) is 12.1 Å². The summed E-state index contributed by atoms with van der Waals surface area (Å²) in [5.41, 5.74) is 22.8. The number of nitrogens with zero attached hydrogens (tertiary/aromatic N) is 3. The Hall–Kier alpha value is -7.43. The lowest BCUT2D eigenvalue weighted by atomic mass is 9.97. The summed E-state index contributed by atoms with van der Waals surface area (Å²) in [5, 5.41) is 45.3. The van der Waals surface area contributed by atoms with Crippen molar-refractivity contribution >= 4 is 71.1 Å². The molecule has 1 aliphatic rings. The summed E-state index contributed by atoms with van der Waals surface area (Å²) in [5.74, 6) is -12.0. The quantitative estimate of drug-likeness (QED) is 0.0182. The Morgan fingerprint density at radius 2 is 1.40 bits per heavy atom. The van der Waals surface area contributed by atoms with Crippen LogP contribution in [0.5, 0.6) is 0 Å². The van der Waals surface area contributed by atoms with Crippen LogP contribution in [0.15, 0.2) is 17.5 Å². The third kappa shape index (κ3) is 21.1. The molecule has 0 radical (unpaired) electrons. The van der Waals surface area contributed by atoms with E-state index in [2.05, 4.69) is 52.2 Å². The summed E-state index contributed by atoms with van der Waals surface area (Å²) < 4.78 is 0. The summed E-state index contributed by atoms with van der Waals surface area (Å²) >= 11 is 0. The van der Waals surface area contributed by atoms with Crippen molar-refractivity contribution in [2.75, 3.05) is 19.7 Å². The minimum Gasteiger partial charge on any atom is -0.481 e. The number of likely N-dealkylation sites (tertiary alicyclic amines) is 1. The van der Waals surface area contributed by atoms with Crippen molar-refractivity contribution in [2.24, 2.45) is 39.8 Å². The van der Waals surface area contributed by atoms with Crippen LogP contribution in [0.1, 0.15) is 98.1 Å². The van der Waals surface area contributed by atoms with Crippen molar-refractivity contribution in [3.8, 4) is 0 Å². The Morgan fingerprint density at radius 1 is 0.781 bits per heavy atom. The monoisotopic (exact) mass is 1040 g/mol. The third-order valence-electron chi connectivity index (χ3n) is 11.7. The number of aromatic amines is 1. The molecule has 19 N–H and O–H groups in total. The van der Waals surface area contributed by atoms with E-state index in [1.54, 1.807) is 13.8 Å². The molecule has 29 heteroatoms. The van der Waals surface area contributed by atoms with Gasteiger partial charge in [0.25, 0.3) is 0 Å². The molecule has 1 fully saturated rings. The standard InChI is InChI=1S/C44H73N15O14/c1-6-22(4)34(41(70)52-23(5)35(64)54-27(9-7-13-50-44(47)48)42(71)59-14-8-10-31(59)40(69)57-30(19-60)43(72)73)58-39(68)29(17-32(46)61)56-37(66)26(11-12-33(62)63)53-38(67)28(16-24-18-49-20-51-24)55-36(65)25(45)15-21(2)3/h18,20-23,25-31,34,60H,6-17,19,45H2,1-5H3,(H2,46,61)(H,49,51)(H,52,70)(H,53,67)(H,54,64)(H,55,65)(H,56,66)(H,57,69)(H,58,68)(H,62,63)(H,72,73)(H4,47,48,50)/t22-,23-,25-,26-,27-,28-,29-,30-,31-,34-/m0/s1. The number of aliphatic carboxylic acids is 2. The number of aliphatic hydroxyl groups is 1. The lowest BCUT2D eigenvalue weighted by molar-refractivity contribution is -0.145. The lowest BCUT2D eigenvalue weighted by Crippen LogP contribution is -2.61. The van der Waals surface area contributed by atoms with Crippen LogP contribution in [0.4, 0.5) is 0 Å². The average Bonchev–Trinajstić information content (AvgIpc) is 4.03. The van der Waals surface area contributed by atoms with E-state index in [4.69, 9.17) is 22.9 Å². The molecule has 0 saturated carbocycles. The van der Waals surface area contributed by atoms with Crippen LogP contribution in [0.25, 0.3) is 0 Å². The van der Waals surface area contributed by atoms with E-state index in [1.807, 2.05) is 13.8 Å². The molecule has 408 valence electrons. The number of hydrogen-bond donors (Lipinski definition) is 15. The SMILES string of the molecule is CC[C@H](C)[C@H](NC(=O)[C@H](CC(N)=O)NC(=O)[C@H](CCC(=O)O)NC(=O)[C@H](Cc1cnc[nH]1)NC(=O)[C@@H](N)CC(C)C)C(=O)N[C@@H](C)C(=O)N[C@@H](CCCN=C(N)N)C(=O)N1CCC[C@H]1C(=O)N[C@@H](CO)C(=O)O. The van der Waals surface area contributed by atoms with Gasteiger partial charge in [-0.2, -0.15) is 0 Å². The van der Waals surface area contributed by atoms with Gasteiger partial charge in [-0.15, -0.1) is 0 Å². The van der Waals surface area contributed by atoms with E-state index < -0.39 is 151 Å². The molecule has 2 heterocycles. The predicted octanol–water partition coefficient (Wildman–Crippen LogP) is -5.35. The number of hydrogen-bond acceptors (Lipinski definition) is 15. The highest BCUT2D eigenvalue weighted by molar-refractivity contribution is 5.99. The first kappa shape index (κ1) is 61.7. The number of nitrogens with two attached hydrogens (primary N) is 4. The number of aliphatic imine (C=N–C) groups is 1. The third-order valence-corrected chi connectivity index (χ3v) is 11.7. The molecule has 2 rings (SSSR count). The van der Waals surface area contributed by atoms with Gasteiger partial charge in [-0.25, -0.2) is 9.78 Å². The fraction of sp³-hybridized carbons (Fsp3) is 0.659. The Kier molecular flexibility index (Phi) is 25.7. The zero-order chi connectivity index (χ0) is 55.1. The number of carbonyl (C=O) groups is 11. The minimum atomic E-state index is -1.80. The number of carboxylic acids is 2. The van der Waals surface area contributed by atoms with Crippen molar-refractivity contribution in [2.45, 2.75) is 153 Å². The maximum Gasteiger partial charge on any atom is 0.328 e. The highest BCUT2D eigenvalue weighted by Gasteiger charge is 2.40. The van der Waals surface area contributed by atoms with Crippen molar-refractivity contribution in [3.63, 3.8) is 0 Å². The Balaban J connectivity index is 2.34. The number of H-pyrrole nitrogens is 1. The molecule has 0 unspecified atom stereocenters. The molecule has 1 aliphatic heterocycles. The van der Waals surface area contributed by atoms with Gasteiger partial charge in [0.2, 0.25) is 53.2 Å². The number of aromatic nitrogens is 2. The van der Waals surface area contributed by atoms with Crippen LogP contribution in [0, 0.1) is 11.8 Å². The molecule has 9 amide bonds. The normalized spacial score (nSPS) is 16.9. The van der Waals surface area contributed by atoms with Crippen LogP contribution in [0.3, 0.4) is 0 Å². The van der Waals surface area contributed by atoms with Crippen LogP contribution in [0.2, 0.25) is 0 Å². The molecule has 1 aromatic rings. The fourth-order valence-electron chi connectivity index (χ4n) is 7.55. The van der Waals surface area contributed by atoms with Gasteiger partial charge in [-0.3, -0.25) is 52.9 Å². The summed E-state index contributed by atoms with van der Waals surface area (Å²) in [6.45, 7) is 7.42. The molecule has 29 nitrogen and oxygen atoms in total. The zero-order valence-corrected chi connectivity index (χ0v) is 41.7. The molecule has 1 aromatic heterocycles. The molecule has 73 heavy (non-hydrogen) atoms. The van der Waals surface area contributed by atoms with Gasteiger partial charge in [-0.05, 0) is 57.3 Å². The van der Waals surface area contributed by atoms with Crippen LogP contribution in [-0.4, -0.2) is 175 Å². The number of aliphatic hydroxyl groups excluding tert-OH is 1. The molecule has 0 aromatic carbocycles. The van der Waals surface area contributed by atoms with Gasteiger partial charge >= 0.3 is 11.9 Å². The first-order valence-electron chi connectivity index (χ1n) is 23.8. The zero-order valence-electron chi connectivity index (χ0n) is 41.7. The van der Waals surface area contributed by atoms with Gasteiger partial charge in [0.15, 0.2) is 5.96 Å². The number of amides is 9. The first-order valence-corrected chi connectivity index (χ1v) is 23.8. The Morgan fingerprint density at radius 3 is 1.96 bits per heavy atom. The van der Waals surface area contributed by atoms with E-state index >= 15 is 0 Å². The second-order valence-corrected chi connectivity index (χ2v) is 18.2. The minimum absolute atomic E-state index is 0.0227. The summed E-state index contributed by atoms with van der Waals surface area (Å²) in [4.78, 5) is 157. The van der Waals surface area contributed by atoms with Crippen molar-refractivity contribution in [3.05, 3.63) is 18.2 Å². The van der Waals surface area contributed by atoms with E-state index in [0.717, 1.165) is 0 Å². The maximum atomic E-state index is 14.0. The smallest absolute Gasteiger partial charge is 0.328 e. The van der Waals surface area contributed by atoms with Gasteiger partial charge in [0.05, 0.1) is 25.4 Å². The van der Waals surface area contributed by atoms with Gasteiger partial charge < -0.3 is 85.4 Å². The number of primary amides is 1. The molecule has 1 saturated heterocycles. The van der Waals surface area contributed by atoms with E-state index in [1.165, 1.54) is 24.3 Å². The van der Waals surface area contributed by atoms with Crippen LogP contribution in [-0.2, 0) is 59.2 Å². The summed E-state index contributed by atoms with van der Waals surface area (Å²) in [6.07, 6.45) is 1.67. The van der Waals surface area contributed by atoms with Gasteiger partial charge in [0, 0.05) is 37.8 Å². The molecule has 0 aliphatic carbocycles. The fourth-order valence-corrected chi connectivity index (χ4v) is 7.55.